The number of anilines is 1. The molecular formula is C10H17N3S. The molecular weight excluding hydrogens is 194 g/mol. The zero-order valence-electron chi connectivity index (χ0n) is 8.79. The minimum atomic E-state index is 0.0397. The lowest BCUT2D eigenvalue weighted by atomic mass is 9.89. The van der Waals surface area contributed by atoms with Crippen molar-refractivity contribution in [2.75, 3.05) is 18.0 Å². The average molecular weight is 211 g/mol. The Morgan fingerprint density at radius 3 is 2.79 bits per heavy atom. The van der Waals surface area contributed by atoms with Crippen LogP contribution in [0.5, 0.6) is 0 Å². The lowest BCUT2D eigenvalue weighted by Gasteiger charge is -2.47. The van der Waals surface area contributed by atoms with E-state index < -0.39 is 0 Å². The summed E-state index contributed by atoms with van der Waals surface area (Å²) in [6, 6.07) is 0. The molecule has 3 nitrogen and oxygen atoms in total. The minimum Gasteiger partial charge on any atom is -0.344 e. The van der Waals surface area contributed by atoms with Crippen LogP contribution in [0.2, 0.25) is 0 Å². The van der Waals surface area contributed by atoms with Gasteiger partial charge in [-0.25, -0.2) is 4.98 Å². The Morgan fingerprint density at radius 2 is 2.29 bits per heavy atom. The summed E-state index contributed by atoms with van der Waals surface area (Å²) in [6.45, 7) is 6.20. The van der Waals surface area contributed by atoms with E-state index in [2.05, 4.69) is 29.1 Å². The summed E-state index contributed by atoms with van der Waals surface area (Å²) in [5.41, 5.74) is 7.33. The van der Waals surface area contributed by atoms with Crippen molar-refractivity contribution in [1.29, 1.82) is 0 Å². The van der Waals surface area contributed by atoms with Gasteiger partial charge in [0.15, 0.2) is 5.13 Å². The second kappa shape index (κ2) is 3.51. The molecule has 2 heterocycles. The maximum atomic E-state index is 6.10. The van der Waals surface area contributed by atoms with E-state index in [1.165, 1.54) is 5.69 Å². The highest BCUT2D eigenvalue weighted by atomic mass is 32.1. The van der Waals surface area contributed by atoms with Gasteiger partial charge in [0.1, 0.15) is 0 Å². The lowest BCUT2D eigenvalue weighted by Crippen LogP contribution is -2.67. The summed E-state index contributed by atoms with van der Waals surface area (Å²) in [5, 5.41) is 3.27. The maximum absolute atomic E-state index is 6.10. The molecule has 14 heavy (non-hydrogen) atoms. The van der Waals surface area contributed by atoms with Gasteiger partial charge in [0.25, 0.3) is 0 Å². The maximum Gasteiger partial charge on any atom is 0.185 e. The zero-order chi connectivity index (χ0) is 10.2. The van der Waals surface area contributed by atoms with E-state index in [0.717, 1.165) is 31.1 Å². The van der Waals surface area contributed by atoms with Crippen molar-refractivity contribution in [2.24, 2.45) is 5.73 Å². The Kier molecular flexibility index (Phi) is 2.49. The first-order valence-corrected chi connectivity index (χ1v) is 6.03. The summed E-state index contributed by atoms with van der Waals surface area (Å²) in [4.78, 5) is 6.81. The summed E-state index contributed by atoms with van der Waals surface area (Å²) < 4.78 is 0. The third-order valence-electron chi connectivity index (χ3n) is 2.89. The van der Waals surface area contributed by atoms with Crippen molar-refractivity contribution < 1.29 is 0 Å². The molecule has 0 saturated carbocycles. The Balaban J connectivity index is 1.99. The highest BCUT2D eigenvalue weighted by Gasteiger charge is 2.38. The van der Waals surface area contributed by atoms with Crippen LogP contribution in [0.3, 0.4) is 0 Å². The molecule has 0 radical (unpaired) electrons. The molecule has 0 amide bonds. The first-order chi connectivity index (χ1) is 6.67. The molecule has 1 aromatic heterocycles. The predicted molar refractivity (Wildman–Crippen MR) is 60.9 cm³/mol. The molecule has 2 rings (SSSR count). The summed E-state index contributed by atoms with van der Waals surface area (Å²) in [6.07, 6.45) is 2.07. The van der Waals surface area contributed by atoms with Gasteiger partial charge in [-0.15, -0.1) is 11.3 Å². The second-order valence-corrected chi connectivity index (χ2v) is 4.88. The summed E-state index contributed by atoms with van der Waals surface area (Å²) in [5.74, 6) is 0. The SMILES string of the molecule is CCc1csc(N2CC(N)(CC)C2)n1. The van der Waals surface area contributed by atoms with Crippen LogP contribution in [-0.2, 0) is 6.42 Å². The number of nitrogens with two attached hydrogens (primary N) is 1. The second-order valence-electron chi connectivity index (χ2n) is 4.05. The van der Waals surface area contributed by atoms with Crippen LogP contribution in [0.1, 0.15) is 26.0 Å². The molecule has 0 unspecified atom stereocenters. The number of nitrogens with zero attached hydrogens (tertiary/aromatic N) is 2. The van der Waals surface area contributed by atoms with E-state index in [1.54, 1.807) is 11.3 Å². The predicted octanol–water partition coefficient (Wildman–Crippen LogP) is 1.63. The van der Waals surface area contributed by atoms with E-state index in [0.29, 0.717) is 0 Å². The fourth-order valence-corrected chi connectivity index (χ4v) is 2.59. The number of hydrogen-bond donors (Lipinski definition) is 1. The average Bonchev–Trinajstić information content (AvgIpc) is 2.61. The number of rotatable bonds is 3. The van der Waals surface area contributed by atoms with Crippen LogP contribution < -0.4 is 10.6 Å². The van der Waals surface area contributed by atoms with Gasteiger partial charge in [-0.1, -0.05) is 13.8 Å². The molecule has 78 valence electrons. The van der Waals surface area contributed by atoms with E-state index in [-0.39, 0.29) is 5.54 Å². The molecule has 0 bridgehead atoms. The quantitative estimate of drug-likeness (QED) is 0.826. The zero-order valence-corrected chi connectivity index (χ0v) is 9.60. The van der Waals surface area contributed by atoms with Crippen LogP contribution in [0, 0.1) is 0 Å². The van der Waals surface area contributed by atoms with Gasteiger partial charge in [-0.2, -0.15) is 0 Å². The van der Waals surface area contributed by atoms with Gasteiger partial charge in [-0.05, 0) is 12.8 Å². The number of hydrogen-bond acceptors (Lipinski definition) is 4. The van der Waals surface area contributed by atoms with Gasteiger partial charge in [0.05, 0.1) is 11.2 Å². The van der Waals surface area contributed by atoms with Crippen LogP contribution in [0.4, 0.5) is 5.13 Å². The van der Waals surface area contributed by atoms with Crippen molar-refractivity contribution in [3.8, 4) is 0 Å². The Labute approximate surface area is 88.9 Å². The lowest BCUT2D eigenvalue weighted by molar-refractivity contribution is 0.322. The topological polar surface area (TPSA) is 42.1 Å². The molecule has 4 heteroatoms. The van der Waals surface area contributed by atoms with Gasteiger partial charge in [0, 0.05) is 18.5 Å². The van der Waals surface area contributed by atoms with Gasteiger partial charge < -0.3 is 10.6 Å². The fraction of sp³-hybridized carbons (Fsp3) is 0.700. The number of thiazole rings is 1. The highest BCUT2D eigenvalue weighted by Crippen LogP contribution is 2.30. The fourth-order valence-electron chi connectivity index (χ4n) is 1.68. The molecule has 1 saturated heterocycles. The first-order valence-electron chi connectivity index (χ1n) is 5.15. The van der Waals surface area contributed by atoms with E-state index >= 15 is 0 Å². The Bertz CT molecular complexity index is 315. The van der Waals surface area contributed by atoms with Gasteiger partial charge >= 0.3 is 0 Å². The molecule has 1 aliphatic heterocycles. The Hall–Kier alpha value is -0.610. The van der Waals surface area contributed by atoms with Crippen LogP contribution in [0.25, 0.3) is 0 Å². The normalized spacial score (nSPS) is 19.5. The molecule has 0 spiro atoms. The molecule has 1 aromatic rings. The monoisotopic (exact) mass is 211 g/mol. The molecule has 2 N–H and O–H groups in total. The van der Waals surface area contributed by atoms with Crippen LogP contribution in [-0.4, -0.2) is 23.6 Å². The van der Waals surface area contributed by atoms with Crippen molar-refractivity contribution in [3.63, 3.8) is 0 Å². The molecule has 0 aliphatic carbocycles. The van der Waals surface area contributed by atoms with Crippen molar-refractivity contribution in [1.82, 2.24) is 4.98 Å². The Morgan fingerprint density at radius 1 is 1.57 bits per heavy atom. The van der Waals surface area contributed by atoms with Crippen LogP contribution >= 0.6 is 11.3 Å². The first kappa shape index (κ1) is 9.93. The number of aryl methyl sites for hydroxylation is 1. The summed E-state index contributed by atoms with van der Waals surface area (Å²) >= 11 is 1.73. The molecule has 1 aliphatic rings. The van der Waals surface area contributed by atoms with E-state index in [4.69, 9.17) is 5.73 Å². The smallest absolute Gasteiger partial charge is 0.185 e. The van der Waals surface area contributed by atoms with Crippen molar-refractivity contribution in [2.45, 2.75) is 32.2 Å². The van der Waals surface area contributed by atoms with E-state index in [9.17, 15) is 0 Å². The van der Waals surface area contributed by atoms with Crippen LogP contribution in [0.15, 0.2) is 5.38 Å². The molecule has 0 atom stereocenters. The molecule has 0 aromatic carbocycles. The van der Waals surface area contributed by atoms with Gasteiger partial charge in [0.2, 0.25) is 0 Å². The standard InChI is InChI=1S/C10H17N3S/c1-3-8-5-14-9(12-8)13-6-10(11,4-2)7-13/h5H,3-4,6-7,11H2,1-2H3. The third-order valence-corrected chi connectivity index (χ3v) is 3.84. The number of aromatic nitrogens is 1. The highest BCUT2D eigenvalue weighted by molar-refractivity contribution is 7.13. The minimum absolute atomic E-state index is 0.0397. The molecule has 1 fully saturated rings. The van der Waals surface area contributed by atoms with Gasteiger partial charge in [-0.3, -0.25) is 0 Å². The third kappa shape index (κ3) is 1.64. The largest absolute Gasteiger partial charge is 0.344 e. The van der Waals surface area contributed by atoms with Crippen molar-refractivity contribution >= 4 is 16.5 Å². The summed E-state index contributed by atoms with van der Waals surface area (Å²) in [7, 11) is 0. The van der Waals surface area contributed by atoms with Crippen molar-refractivity contribution in [3.05, 3.63) is 11.1 Å². The van der Waals surface area contributed by atoms with E-state index in [1.807, 2.05) is 0 Å².